The molecule has 4 heterocycles. The van der Waals surface area contributed by atoms with Crippen LogP contribution in [0, 0.1) is 5.92 Å². The van der Waals surface area contributed by atoms with Crippen molar-refractivity contribution >= 4 is 29.6 Å². The van der Waals surface area contributed by atoms with Gasteiger partial charge in [0.15, 0.2) is 0 Å². The maximum Gasteiger partial charge on any atom is 0.328 e. The molecule has 4 fully saturated rings. The van der Waals surface area contributed by atoms with E-state index in [2.05, 4.69) is 5.32 Å². The minimum atomic E-state index is -0.825. The largest absolute Gasteiger partial charge is 0.464 e. The Balaban J connectivity index is 1.61. The van der Waals surface area contributed by atoms with Gasteiger partial charge in [-0.25, -0.2) is 4.79 Å². The van der Waals surface area contributed by atoms with Crippen molar-refractivity contribution in [1.29, 1.82) is 0 Å². The molecular weight excluding hydrogens is 428 g/mol. The normalized spacial score (nSPS) is 34.5. The van der Waals surface area contributed by atoms with Gasteiger partial charge in [-0.05, 0) is 51.4 Å². The number of rotatable bonds is 0. The van der Waals surface area contributed by atoms with E-state index in [0.29, 0.717) is 45.3 Å². The van der Waals surface area contributed by atoms with Crippen molar-refractivity contribution in [3.63, 3.8) is 0 Å². The second kappa shape index (κ2) is 9.69. The summed E-state index contributed by atoms with van der Waals surface area (Å²) in [5, 5.41) is 2.79. The minimum Gasteiger partial charge on any atom is -0.464 e. The Hall–Kier alpha value is -2.65. The summed E-state index contributed by atoms with van der Waals surface area (Å²) in [6.45, 7) is 4.83. The number of amides is 4. The van der Waals surface area contributed by atoms with Crippen LogP contribution < -0.4 is 5.32 Å². The third-order valence-electron chi connectivity index (χ3n) is 7.30. The van der Waals surface area contributed by atoms with Gasteiger partial charge in [0.1, 0.15) is 30.8 Å². The highest BCUT2D eigenvalue weighted by Crippen LogP contribution is 2.27. The van der Waals surface area contributed by atoms with E-state index in [4.69, 9.17) is 4.74 Å². The highest BCUT2D eigenvalue weighted by Gasteiger charge is 2.44. The summed E-state index contributed by atoms with van der Waals surface area (Å²) in [5.41, 5.74) is 0. The Kier molecular flexibility index (Phi) is 6.90. The molecule has 0 aromatic carbocycles. The van der Waals surface area contributed by atoms with Crippen LogP contribution in [0.25, 0.3) is 0 Å². The molecule has 0 aromatic heterocycles. The lowest BCUT2D eigenvalue weighted by Crippen LogP contribution is -2.59. The van der Waals surface area contributed by atoms with Crippen LogP contribution in [0.3, 0.4) is 0 Å². The fraction of sp³-hybridized carbons (Fsp3) is 0.783. The number of hydrogen-bond acceptors (Lipinski definition) is 6. The van der Waals surface area contributed by atoms with Gasteiger partial charge in [-0.2, -0.15) is 0 Å². The Morgan fingerprint density at radius 3 is 2.33 bits per heavy atom. The lowest BCUT2D eigenvalue weighted by Gasteiger charge is -2.38. The zero-order valence-corrected chi connectivity index (χ0v) is 19.5. The molecule has 4 rings (SSSR count). The molecule has 5 atom stereocenters. The molecule has 4 saturated heterocycles. The molecule has 4 aliphatic rings. The zero-order valence-electron chi connectivity index (χ0n) is 19.5. The number of esters is 1. The van der Waals surface area contributed by atoms with Crippen LogP contribution in [0.2, 0.25) is 0 Å². The molecule has 0 bridgehead atoms. The van der Waals surface area contributed by atoms with Crippen molar-refractivity contribution < 1.29 is 28.7 Å². The molecule has 0 saturated carbocycles. The third-order valence-corrected chi connectivity index (χ3v) is 7.30. The molecule has 0 radical (unpaired) electrons. The molecule has 0 aliphatic carbocycles. The lowest BCUT2D eigenvalue weighted by molar-refractivity contribution is -0.156. The second-order valence-electron chi connectivity index (χ2n) is 9.78. The van der Waals surface area contributed by atoms with E-state index < -0.39 is 30.1 Å². The molecule has 4 aliphatic heterocycles. The Morgan fingerprint density at radius 1 is 0.818 bits per heavy atom. The van der Waals surface area contributed by atoms with Crippen molar-refractivity contribution in [3.8, 4) is 0 Å². The standard InChI is InChI=1S/C23H34N4O6/c1-14-12-18-23(32)33-11-8-19(28)25-10-5-7-17(25)22(31)26-9-4-3-6-16(26)20(29)24-15(2)21(30)27(18)13-14/h14-18H,3-13H2,1-2H3,(H,24,29)/t14-,15+,16+,17+,18+/m1/s1. The van der Waals surface area contributed by atoms with Gasteiger partial charge in [0.25, 0.3) is 0 Å². The zero-order chi connectivity index (χ0) is 23.7. The first-order chi connectivity index (χ1) is 15.8. The number of nitrogens with one attached hydrogen (secondary N) is 1. The van der Waals surface area contributed by atoms with E-state index in [0.717, 1.165) is 12.8 Å². The SMILES string of the molecule is C[C@@H]1C[C@H]2C(=O)OCCC(=O)N3CCC[C@H]3C(=O)N3CCCC[C@H]3C(=O)N[C@@H](C)C(=O)N2C1. The van der Waals surface area contributed by atoms with Crippen molar-refractivity contribution in [2.24, 2.45) is 5.92 Å². The van der Waals surface area contributed by atoms with Crippen molar-refractivity contribution in [3.05, 3.63) is 0 Å². The van der Waals surface area contributed by atoms with E-state index in [1.54, 1.807) is 16.7 Å². The van der Waals surface area contributed by atoms with Gasteiger partial charge < -0.3 is 24.8 Å². The highest BCUT2D eigenvalue weighted by molar-refractivity contribution is 5.95. The fourth-order valence-corrected chi connectivity index (χ4v) is 5.59. The Labute approximate surface area is 193 Å². The first-order valence-corrected chi connectivity index (χ1v) is 12.2. The summed E-state index contributed by atoms with van der Waals surface area (Å²) in [6.07, 6.45) is 3.88. The molecule has 10 nitrogen and oxygen atoms in total. The quantitative estimate of drug-likeness (QED) is 0.509. The summed E-state index contributed by atoms with van der Waals surface area (Å²) in [7, 11) is 0. The number of cyclic esters (lactones) is 1. The molecule has 33 heavy (non-hydrogen) atoms. The number of ether oxygens (including phenoxy) is 1. The van der Waals surface area contributed by atoms with Crippen LogP contribution in [-0.2, 0) is 28.7 Å². The summed E-state index contributed by atoms with van der Waals surface area (Å²) in [5.74, 6) is -1.55. The molecular formula is C23H34N4O6. The predicted octanol–water partition coefficient (Wildman–Crippen LogP) is 0.0471. The van der Waals surface area contributed by atoms with Crippen LogP contribution in [0.15, 0.2) is 0 Å². The van der Waals surface area contributed by atoms with Gasteiger partial charge in [0, 0.05) is 19.6 Å². The monoisotopic (exact) mass is 462 g/mol. The van der Waals surface area contributed by atoms with Crippen molar-refractivity contribution in [1.82, 2.24) is 20.0 Å². The number of fused-ring (bicyclic) bond motifs is 3. The molecule has 10 heteroatoms. The second-order valence-corrected chi connectivity index (χ2v) is 9.78. The summed E-state index contributed by atoms with van der Waals surface area (Å²) >= 11 is 0. The topological polar surface area (TPSA) is 116 Å². The molecule has 1 N–H and O–H groups in total. The first kappa shape index (κ1) is 23.5. The summed E-state index contributed by atoms with van der Waals surface area (Å²) < 4.78 is 5.38. The maximum absolute atomic E-state index is 13.4. The van der Waals surface area contributed by atoms with E-state index in [-0.39, 0.29) is 42.6 Å². The average Bonchev–Trinajstić information content (AvgIpc) is 3.44. The maximum atomic E-state index is 13.4. The van der Waals surface area contributed by atoms with E-state index >= 15 is 0 Å². The van der Waals surface area contributed by atoms with Gasteiger partial charge >= 0.3 is 5.97 Å². The molecule has 0 unspecified atom stereocenters. The van der Waals surface area contributed by atoms with Gasteiger partial charge in [0.2, 0.25) is 23.6 Å². The van der Waals surface area contributed by atoms with Crippen molar-refractivity contribution in [2.45, 2.75) is 83.0 Å². The number of nitrogens with zero attached hydrogens (tertiary/aromatic N) is 3. The van der Waals surface area contributed by atoms with Crippen LogP contribution in [0.1, 0.15) is 58.8 Å². The van der Waals surface area contributed by atoms with Gasteiger partial charge in [-0.15, -0.1) is 0 Å². The van der Waals surface area contributed by atoms with Gasteiger partial charge in [0.05, 0.1) is 6.42 Å². The van der Waals surface area contributed by atoms with Crippen LogP contribution in [0.4, 0.5) is 0 Å². The van der Waals surface area contributed by atoms with Crippen LogP contribution >= 0.6 is 0 Å². The summed E-state index contributed by atoms with van der Waals surface area (Å²) in [4.78, 5) is 70.0. The first-order valence-electron chi connectivity index (χ1n) is 12.2. The van der Waals surface area contributed by atoms with Crippen LogP contribution in [-0.4, -0.2) is 94.7 Å². The minimum absolute atomic E-state index is 0.00788. The average molecular weight is 463 g/mol. The Morgan fingerprint density at radius 2 is 1.55 bits per heavy atom. The molecule has 0 spiro atoms. The lowest BCUT2D eigenvalue weighted by atomic mass is 9.99. The van der Waals surface area contributed by atoms with Crippen LogP contribution in [0.5, 0.6) is 0 Å². The third kappa shape index (κ3) is 4.70. The molecule has 4 amide bonds. The van der Waals surface area contributed by atoms with E-state index in [1.165, 1.54) is 4.90 Å². The molecule has 0 aromatic rings. The number of hydrogen-bond donors (Lipinski definition) is 1. The summed E-state index contributed by atoms with van der Waals surface area (Å²) in [6, 6.07) is -2.80. The number of carbonyl (C=O) groups excluding carboxylic acids is 5. The fourth-order valence-electron chi connectivity index (χ4n) is 5.59. The van der Waals surface area contributed by atoms with E-state index in [1.807, 2.05) is 6.92 Å². The predicted molar refractivity (Wildman–Crippen MR) is 117 cm³/mol. The van der Waals surface area contributed by atoms with Gasteiger partial charge in [-0.3, -0.25) is 19.2 Å². The number of carbonyl (C=O) groups is 5. The number of piperidine rings is 1. The van der Waals surface area contributed by atoms with E-state index in [9.17, 15) is 24.0 Å². The smallest absolute Gasteiger partial charge is 0.328 e. The van der Waals surface area contributed by atoms with Crippen molar-refractivity contribution in [2.75, 3.05) is 26.2 Å². The molecule has 182 valence electrons. The highest BCUT2D eigenvalue weighted by atomic mass is 16.5. The Bertz CT molecular complexity index is 832. The van der Waals surface area contributed by atoms with Gasteiger partial charge in [-0.1, -0.05) is 6.92 Å².